The van der Waals surface area contributed by atoms with Crippen LogP contribution in [0.15, 0.2) is 53.0 Å². The van der Waals surface area contributed by atoms with Crippen molar-refractivity contribution in [3.05, 3.63) is 69.9 Å². The van der Waals surface area contributed by atoms with Crippen LogP contribution in [0.2, 0.25) is 0 Å². The molecule has 1 atom stereocenters. The average Bonchev–Trinajstić information content (AvgIpc) is 3.26. The molecule has 0 bridgehead atoms. The Bertz CT molecular complexity index is 758. The predicted octanol–water partition coefficient (Wildman–Crippen LogP) is 4.89. The third-order valence-corrected chi connectivity index (χ3v) is 6.65. The Hall–Kier alpha value is -1.33. The molecule has 0 spiro atoms. The highest BCUT2D eigenvalue weighted by Gasteiger charge is 2.54. The van der Waals surface area contributed by atoms with Crippen molar-refractivity contribution in [1.29, 1.82) is 0 Å². The summed E-state index contributed by atoms with van der Waals surface area (Å²) in [5.41, 5.74) is 1.66. The monoisotopic (exact) mass is 405 g/mol. The Morgan fingerprint density at radius 1 is 1.12 bits per heavy atom. The highest BCUT2D eigenvalue weighted by Crippen LogP contribution is 2.52. The van der Waals surface area contributed by atoms with Crippen molar-refractivity contribution in [2.45, 2.75) is 23.6 Å². The van der Waals surface area contributed by atoms with Crippen molar-refractivity contribution in [3.63, 3.8) is 0 Å². The maximum absolute atomic E-state index is 13.3. The van der Waals surface area contributed by atoms with E-state index in [2.05, 4.69) is 28.1 Å². The van der Waals surface area contributed by atoms with E-state index in [1.54, 1.807) is 12.1 Å². The topological polar surface area (TPSA) is 20.3 Å². The first-order valence-electron chi connectivity index (χ1n) is 8.04. The Kier molecular flexibility index (Phi) is 4.17. The van der Waals surface area contributed by atoms with Crippen LogP contribution in [0.1, 0.15) is 29.3 Å². The summed E-state index contributed by atoms with van der Waals surface area (Å²) in [4.78, 5) is 15.3. The van der Waals surface area contributed by atoms with E-state index < -0.39 is 5.41 Å². The highest BCUT2D eigenvalue weighted by atomic mass is 79.9. The largest absolute Gasteiger partial charge is 0.325 e. The number of rotatable bonds is 3. The van der Waals surface area contributed by atoms with Crippen LogP contribution >= 0.6 is 27.7 Å². The smallest absolute Gasteiger partial charge is 0.234 e. The lowest BCUT2D eigenvalue weighted by atomic mass is 9.94. The number of hydrogen-bond acceptors (Lipinski definition) is 2. The van der Waals surface area contributed by atoms with Gasteiger partial charge in [-0.05, 0) is 48.2 Å². The molecule has 4 rings (SSSR count). The van der Waals surface area contributed by atoms with E-state index in [1.165, 1.54) is 12.1 Å². The van der Waals surface area contributed by atoms with Gasteiger partial charge in [0, 0.05) is 16.8 Å². The van der Waals surface area contributed by atoms with Crippen LogP contribution in [0.3, 0.4) is 0 Å². The summed E-state index contributed by atoms with van der Waals surface area (Å²) in [5, 5.41) is 0.0727. The number of carbonyl (C=O) groups is 1. The summed E-state index contributed by atoms with van der Waals surface area (Å²) in [7, 11) is 0. The lowest BCUT2D eigenvalue weighted by molar-refractivity contribution is -0.134. The van der Waals surface area contributed by atoms with Gasteiger partial charge in [-0.25, -0.2) is 4.39 Å². The molecule has 124 valence electrons. The van der Waals surface area contributed by atoms with Gasteiger partial charge in [0.1, 0.15) is 11.2 Å². The molecule has 2 aromatic carbocycles. The Labute approximate surface area is 153 Å². The lowest BCUT2D eigenvalue weighted by Gasteiger charge is -2.29. The Morgan fingerprint density at radius 2 is 1.79 bits per heavy atom. The van der Waals surface area contributed by atoms with Crippen molar-refractivity contribution >= 4 is 33.6 Å². The molecule has 5 heteroatoms. The fraction of sp³-hybridized carbons (Fsp3) is 0.316. The Morgan fingerprint density at radius 3 is 2.42 bits per heavy atom. The van der Waals surface area contributed by atoms with Gasteiger partial charge in [-0.15, -0.1) is 11.8 Å². The minimum atomic E-state index is -0.438. The average molecular weight is 406 g/mol. The summed E-state index contributed by atoms with van der Waals surface area (Å²) in [5.74, 6) is 0.880. The van der Waals surface area contributed by atoms with E-state index >= 15 is 0 Å². The normalized spacial score (nSPS) is 21.8. The van der Waals surface area contributed by atoms with E-state index in [-0.39, 0.29) is 17.1 Å². The summed E-state index contributed by atoms with van der Waals surface area (Å²) >= 11 is 5.27. The third kappa shape index (κ3) is 2.78. The second kappa shape index (κ2) is 6.19. The molecule has 1 saturated heterocycles. The van der Waals surface area contributed by atoms with Gasteiger partial charge in [-0.1, -0.05) is 40.2 Å². The van der Waals surface area contributed by atoms with Crippen molar-refractivity contribution in [3.8, 4) is 0 Å². The highest BCUT2D eigenvalue weighted by molar-refractivity contribution is 9.10. The molecule has 1 unspecified atom stereocenters. The fourth-order valence-corrected chi connectivity index (χ4v) is 4.90. The standard InChI is InChI=1S/C19H17BrFNOS/c20-15-5-1-13(2-6-15)17-22(11-12-24-17)18(23)19(9-10-19)14-3-7-16(21)8-4-14/h1-8,17H,9-12H2. The van der Waals surface area contributed by atoms with Gasteiger partial charge in [-0.2, -0.15) is 0 Å². The van der Waals surface area contributed by atoms with Gasteiger partial charge in [0.25, 0.3) is 0 Å². The minimum absolute atomic E-state index is 0.0727. The van der Waals surface area contributed by atoms with Crippen molar-refractivity contribution in [2.24, 2.45) is 0 Å². The lowest BCUT2D eigenvalue weighted by Crippen LogP contribution is -2.38. The van der Waals surface area contributed by atoms with E-state index in [0.717, 1.165) is 40.7 Å². The first-order chi connectivity index (χ1) is 11.6. The number of carbonyl (C=O) groups excluding carboxylic acids is 1. The molecule has 2 aromatic rings. The van der Waals surface area contributed by atoms with E-state index in [9.17, 15) is 9.18 Å². The van der Waals surface area contributed by atoms with Crippen LogP contribution in [0.25, 0.3) is 0 Å². The Balaban J connectivity index is 1.61. The molecule has 1 heterocycles. The third-order valence-electron chi connectivity index (χ3n) is 4.86. The molecule has 1 aliphatic carbocycles. The first kappa shape index (κ1) is 16.2. The van der Waals surface area contributed by atoms with Crippen LogP contribution in [0.4, 0.5) is 4.39 Å². The zero-order chi connectivity index (χ0) is 16.7. The number of halogens is 2. The molecule has 1 amide bonds. The molecular formula is C19H17BrFNOS. The van der Waals surface area contributed by atoms with Gasteiger partial charge in [0.2, 0.25) is 5.91 Å². The van der Waals surface area contributed by atoms with Crippen molar-refractivity contribution in [1.82, 2.24) is 4.90 Å². The maximum Gasteiger partial charge on any atom is 0.234 e. The van der Waals surface area contributed by atoms with Gasteiger partial charge in [0.05, 0.1) is 5.41 Å². The van der Waals surface area contributed by atoms with E-state index in [1.807, 2.05) is 28.8 Å². The molecule has 2 nitrogen and oxygen atoms in total. The van der Waals surface area contributed by atoms with Crippen molar-refractivity contribution < 1.29 is 9.18 Å². The molecule has 0 radical (unpaired) electrons. The van der Waals surface area contributed by atoms with Gasteiger partial charge >= 0.3 is 0 Å². The SMILES string of the molecule is O=C(N1CCSC1c1ccc(Br)cc1)C1(c2ccc(F)cc2)CC1. The maximum atomic E-state index is 13.3. The van der Waals surface area contributed by atoms with Crippen LogP contribution < -0.4 is 0 Å². The zero-order valence-electron chi connectivity index (χ0n) is 13.0. The molecule has 24 heavy (non-hydrogen) atoms. The predicted molar refractivity (Wildman–Crippen MR) is 98.4 cm³/mol. The molecular weight excluding hydrogens is 389 g/mol. The molecule has 1 aliphatic heterocycles. The second-order valence-electron chi connectivity index (χ2n) is 6.36. The van der Waals surface area contributed by atoms with Crippen LogP contribution in [-0.2, 0) is 10.2 Å². The molecule has 0 aromatic heterocycles. The van der Waals surface area contributed by atoms with E-state index in [0.29, 0.717) is 0 Å². The molecule has 1 saturated carbocycles. The van der Waals surface area contributed by atoms with Gasteiger partial charge in [-0.3, -0.25) is 4.79 Å². The minimum Gasteiger partial charge on any atom is -0.325 e. The summed E-state index contributed by atoms with van der Waals surface area (Å²) in [6.45, 7) is 0.771. The molecule has 2 fully saturated rings. The van der Waals surface area contributed by atoms with Gasteiger partial charge in [0.15, 0.2) is 0 Å². The number of amides is 1. The van der Waals surface area contributed by atoms with Crippen LogP contribution in [-0.4, -0.2) is 23.1 Å². The first-order valence-corrected chi connectivity index (χ1v) is 9.88. The van der Waals surface area contributed by atoms with Gasteiger partial charge < -0.3 is 4.90 Å². The molecule has 0 N–H and O–H groups in total. The summed E-state index contributed by atoms with van der Waals surface area (Å²) in [6, 6.07) is 14.6. The van der Waals surface area contributed by atoms with Crippen molar-refractivity contribution in [2.75, 3.05) is 12.3 Å². The number of nitrogens with zero attached hydrogens (tertiary/aromatic N) is 1. The zero-order valence-corrected chi connectivity index (χ0v) is 15.4. The van der Waals surface area contributed by atoms with Crippen LogP contribution in [0, 0.1) is 5.82 Å². The summed E-state index contributed by atoms with van der Waals surface area (Å²) < 4.78 is 14.2. The van der Waals surface area contributed by atoms with Crippen LogP contribution in [0.5, 0.6) is 0 Å². The fourth-order valence-electron chi connectivity index (χ4n) is 3.38. The number of benzene rings is 2. The number of thioether (sulfide) groups is 1. The second-order valence-corrected chi connectivity index (χ2v) is 8.47. The summed E-state index contributed by atoms with van der Waals surface area (Å²) in [6.07, 6.45) is 1.71. The quantitative estimate of drug-likeness (QED) is 0.723. The number of hydrogen-bond donors (Lipinski definition) is 0. The molecule has 2 aliphatic rings. The van der Waals surface area contributed by atoms with E-state index in [4.69, 9.17) is 0 Å².